The molecule has 4 aromatic rings. The van der Waals surface area contributed by atoms with Crippen LogP contribution in [0.2, 0.25) is 5.02 Å². The van der Waals surface area contributed by atoms with Crippen molar-refractivity contribution >= 4 is 29.0 Å². The monoisotopic (exact) mass is 371 g/mol. The molecule has 8 heteroatoms. The molecule has 0 N–H and O–H groups in total. The van der Waals surface area contributed by atoms with E-state index in [2.05, 4.69) is 20.3 Å². The molecule has 0 unspecified atom stereocenters. The smallest absolute Gasteiger partial charge is 0.185 e. The number of nitrogens with zero attached hydrogens (tertiary/aromatic N) is 5. The van der Waals surface area contributed by atoms with Gasteiger partial charge in [0.15, 0.2) is 11.5 Å². The van der Waals surface area contributed by atoms with Gasteiger partial charge in [0.25, 0.3) is 0 Å². The van der Waals surface area contributed by atoms with Crippen molar-refractivity contribution in [2.45, 2.75) is 10.8 Å². The van der Waals surface area contributed by atoms with E-state index in [-0.39, 0.29) is 5.82 Å². The van der Waals surface area contributed by atoms with E-state index >= 15 is 0 Å². The minimum atomic E-state index is -0.317. The molecule has 0 spiro atoms. The number of aromatic nitrogens is 5. The zero-order valence-electron chi connectivity index (χ0n) is 12.8. The number of hydrogen-bond donors (Lipinski definition) is 0. The Labute approximate surface area is 151 Å². The molecule has 0 fully saturated rings. The lowest BCUT2D eigenvalue weighted by molar-refractivity contribution is 0.617. The Kier molecular flexibility index (Phi) is 4.33. The lowest BCUT2D eigenvalue weighted by Gasteiger charge is -2.06. The summed E-state index contributed by atoms with van der Waals surface area (Å²) in [5, 5.41) is 14.0. The second kappa shape index (κ2) is 6.78. The lowest BCUT2D eigenvalue weighted by Crippen LogP contribution is -1.97. The summed E-state index contributed by atoms with van der Waals surface area (Å²) in [5.41, 5.74) is 1.98. The molecule has 0 bridgehead atoms. The normalized spacial score (nSPS) is 11.1. The molecule has 1 aromatic carbocycles. The highest BCUT2D eigenvalue weighted by Crippen LogP contribution is 2.28. The molecule has 0 aliphatic heterocycles. The standard InChI is InChI=1S/C17H11ClFN5S/c18-13-2-1-3-14(19)12(13)10-25-16-5-4-15-21-22-17(24(15)23-16)11-6-8-20-9-7-11/h1-9H,10H2. The number of halogens is 2. The van der Waals surface area contributed by atoms with Gasteiger partial charge in [0.05, 0.1) is 0 Å². The maximum atomic E-state index is 13.9. The van der Waals surface area contributed by atoms with Crippen molar-refractivity contribution in [1.29, 1.82) is 0 Å². The Morgan fingerprint density at radius 1 is 1.04 bits per heavy atom. The Hall–Kier alpha value is -2.51. The van der Waals surface area contributed by atoms with Crippen LogP contribution in [0.15, 0.2) is 59.9 Å². The van der Waals surface area contributed by atoms with E-state index in [1.54, 1.807) is 29.0 Å². The molecule has 0 amide bonds. The fourth-order valence-corrected chi connectivity index (χ4v) is 3.54. The minimum absolute atomic E-state index is 0.317. The van der Waals surface area contributed by atoms with Crippen molar-refractivity contribution in [3.8, 4) is 11.4 Å². The Morgan fingerprint density at radius 2 is 1.88 bits per heavy atom. The number of hydrogen-bond acceptors (Lipinski definition) is 5. The SMILES string of the molecule is Fc1cccc(Cl)c1CSc1ccc2nnc(-c3ccncc3)n2n1. The third kappa shape index (κ3) is 3.20. The van der Waals surface area contributed by atoms with E-state index in [1.165, 1.54) is 17.8 Å². The molecule has 5 nitrogen and oxygen atoms in total. The van der Waals surface area contributed by atoms with Gasteiger partial charge < -0.3 is 0 Å². The lowest BCUT2D eigenvalue weighted by atomic mass is 10.2. The topological polar surface area (TPSA) is 56.0 Å². The summed E-state index contributed by atoms with van der Waals surface area (Å²) >= 11 is 7.47. The van der Waals surface area contributed by atoms with E-state index in [1.807, 2.05) is 24.3 Å². The Bertz CT molecular complexity index is 1020. The van der Waals surface area contributed by atoms with Crippen molar-refractivity contribution in [3.63, 3.8) is 0 Å². The van der Waals surface area contributed by atoms with Crippen molar-refractivity contribution in [1.82, 2.24) is 24.8 Å². The Morgan fingerprint density at radius 3 is 2.68 bits per heavy atom. The van der Waals surface area contributed by atoms with Crippen LogP contribution < -0.4 is 0 Å². The first-order chi connectivity index (χ1) is 12.2. The number of pyridine rings is 1. The number of benzene rings is 1. The van der Waals surface area contributed by atoms with Crippen molar-refractivity contribution in [3.05, 3.63) is 71.3 Å². The largest absolute Gasteiger partial charge is 0.265 e. The highest BCUT2D eigenvalue weighted by atomic mass is 35.5. The molecule has 3 aromatic heterocycles. The molecule has 0 atom stereocenters. The predicted octanol–water partition coefficient (Wildman–Crippen LogP) is 4.27. The van der Waals surface area contributed by atoms with Gasteiger partial charge in [-0.2, -0.15) is 9.61 Å². The third-order valence-corrected chi connectivity index (χ3v) is 4.90. The number of rotatable bonds is 4. The number of fused-ring (bicyclic) bond motifs is 1. The second-order valence-electron chi connectivity index (χ2n) is 5.19. The quantitative estimate of drug-likeness (QED) is 0.501. The average Bonchev–Trinajstić information content (AvgIpc) is 3.05. The second-order valence-corrected chi connectivity index (χ2v) is 6.59. The first-order valence-corrected chi connectivity index (χ1v) is 8.77. The van der Waals surface area contributed by atoms with Crippen LogP contribution in [0.5, 0.6) is 0 Å². The van der Waals surface area contributed by atoms with Crippen LogP contribution in [-0.2, 0) is 5.75 Å². The van der Waals surface area contributed by atoms with Crippen molar-refractivity contribution < 1.29 is 4.39 Å². The summed E-state index contributed by atoms with van der Waals surface area (Å²) in [5.74, 6) is 0.697. The molecule has 3 heterocycles. The van der Waals surface area contributed by atoms with Gasteiger partial charge in [-0.25, -0.2) is 4.39 Å². The van der Waals surface area contributed by atoms with E-state index in [0.29, 0.717) is 27.8 Å². The molecular weight excluding hydrogens is 361 g/mol. The summed E-state index contributed by atoms with van der Waals surface area (Å²) in [6.07, 6.45) is 3.38. The minimum Gasteiger partial charge on any atom is -0.265 e. The van der Waals surface area contributed by atoms with Gasteiger partial charge in [-0.15, -0.1) is 10.2 Å². The van der Waals surface area contributed by atoms with Crippen molar-refractivity contribution in [2.75, 3.05) is 0 Å². The van der Waals surface area contributed by atoms with Gasteiger partial charge in [-0.3, -0.25) is 4.98 Å². The van der Waals surface area contributed by atoms with Gasteiger partial charge in [0, 0.05) is 34.3 Å². The molecule has 0 saturated carbocycles. The molecule has 0 aliphatic carbocycles. The zero-order valence-corrected chi connectivity index (χ0v) is 14.4. The van der Waals surface area contributed by atoms with E-state index in [9.17, 15) is 4.39 Å². The first-order valence-electron chi connectivity index (χ1n) is 7.41. The van der Waals surface area contributed by atoms with Gasteiger partial charge >= 0.3 is 0 Å². The fourth-order valence-electron chi connectivity index (χ4n) is 2.35. The van der Waals surface area contributed by atoms with Crippen LogP contribution in [0.3, 0.4) is 0 Å². The molecule has 124 valence electrons. The molecule has 4 rings (SSSR count). The molecule has 0 aliphatic rings. The van der Waals surface area contributed by atoms with Crippen LogP contribution in [0.25, 0.3) is 17.0 Å². The summed E-state index contributed by atoms with van der Waals surface area (Å²) < 4.78 is 15.6. The summed E-state index contributed by atoms with van der Waals surface area (Å²) in [4.78, 5) is 4.00. The van der Waals surface area contributed by atoms with Crippen LogP contribution in [-0.4, -0.2) is 24.8 Å². The Balaban J connectivity index is 1.65. The van der Waals surface area contributed by atoms with Gasteiger partial charge in [0.2, 0.25) is 0 Å². The molecule has 0 saturated heterocycles. The highest BCUT2D eigenvalue weighted by molar-refractivity contribution is 7.98. The third-order valence-electron chi connectivity index (χ3n) is 3.60. The highest BCUT2D eigenvalue weighted by Gasteiger charge is 2.12. The molecular formula is C17H11ClFN5S. The van der Waals surface area contributed by atoms with Crippen LogP contribution in [0, 0.1) is 5.82 Å². The van der Waals surface area contributed by atoms with E-state index in [0.717, 1.165) is 10.6 Å². The maximum Gasteiger partial charge on any atom is 0.185 e. The summed E-state index contributed by atoms with van der Waals surface area (Å²) in [6.45, 7) is 0. The first kappa shape index (κ1) is 16.0. The van der Waals surface area contributed by atoms with E-state index in [4.69, 9.17) is 11.6 Å². The summed E-state index contributed by atoms with van der Waals surface area (Å²) in [7, 11) is 0. The van der Waals surface area contributed by atoms with Gasteiger partial charge in [-0.05, 0) is 36.4 Å². The van der Waals surface area contributed by atoms with Crippen molar-refractivity contribution in [2.24, 2.45) is 0 Å². The van der Waals surface area contributed by atoms with Gasteiger partial charge in [-0.1, -0.05) is 29.4 Å². The molecule has 25 heavy (non-hydrogen) atoms. The van der Waals surface area contributed by atoms with Gasteiger partial charge in [0.1, 0.15) is 10.8 Å². The van der Waals surface area contributed by atoms with Crippen LogP contribution >= 0.6 is 23.4 Å². The zero-order chi connectivity index (χ0) is 17.2. The maximum absolute atomic E-state index is 13.9. The predicted molar refractivity (Wildman–Crippen MR) is 95.0 cm³/mol. The van der Waals surface area contributed by atoms with Crippen LogP contribution in [0.1, 0.15) is 5.56 Å². The summed E-state index contributed by atoms with van der Waals surface area (Å²) in [6, 6.07) is 12.0. The average molecular weight is 372 g/mol. The molecule has 0 radical (unpaired) electrons. The van der Waals surface area contributed by atoms with Crippen LogP contribution in [0.4, 0.5) is 4.39 Å². The van der Waals surface area contributed by atoms with E-state index < -0.39 is 0 Å². The number of thioether (sulfide) groups is 1. The fraction of sp³-hybridized carbons (Fsp3) is 0.0588.